The van der Waals surface area contributed by atoms with E-state index >= 15 is 0 Å². The summed E-state index contributed by atoms with van der Waals surface area (Å²) in [5.41, 5.74) is 3.15. The second kappa shape index (κ2) is 7.44. The summed E-state index contributed by atoms with van der Waals surface area (Å²) < 4.78 is 0. The van der Waals surface area contributed by atoms with E-state index in [4.69, 9.17) is 0 Å². The lowest BCUT2D eigenvalue weighted by molar-refractivity contribution is 0.154. The molecule has 0 unspecified atom stereocenters. The number of hydrogen-bond donors (Lipinski definition) is 2. The van der Waals surface area contributed by atoms with E-state index in [1.807, 2.05) is 19.2 Å². The number of nitrogens with one attached hydrogen (secondary N) is 2. The standard InChI is InChI=1S/C19H29N5O/c1-13(2)24-9-7-15(8-10-24)20-19(25)23(4)12-18-21-16-6-5-14(3)11-17(16)22-18/h5-6,11,13,15H,7-10,12H2,1-4H3,(H,20,25)(H,21,22). The van der Waals surface area contributed by atoms with Crippen LogP contribution in [0.5, 0.6) is 0 Å². The number of H-pyrrole nitrogens is 1. The third kappa shape index (κ3) is 4.31. The van der Waals surface area contributed by atoms with Crippen LogP contribution in [-0.4, -0.2) is 58.0 Å². The summed E-state index contributed by atoms with van der Waals surface area (Å²) in [5, 5.41) is 3.16. The molecule has 136 valence electrons. The Morgan fingerprint density at radius 1 is 1.40 bits per heavy atom. The van der Waals surface area contributed by atoms with Gasteiger partial charge in [0.05, 0.1) is 17.6 Å². The van der Waals surface area contributed by atoms with E-state index < -0.39 is 0 Å². The number of benzene rings is 1. The number of aromatic nitrogens is 2. The van der Waals surface area contributed by atoms with Crippen molar-refractivity contribution in [2.75, 3.05) is 20.1 Å². The zero-order chi connectivity index (χ0) is 18.0. The minimum Gasteiger partial charge on any atom is -0.340 e. The molecule has 6 nitrogen and oxygen atoms in total. The number of rotatable bonds is 4. The van der Waals surface area contributed by atoms with Gasteiger partial charge in [0.25, 0.3) is 0 Å². The van der Waals surface area contributed by atoms with Crippen molar-refractivity contribution in [2.45, 2.75) is 52.2 Å². The number of fused-ring (bicyclic) bond motifs is 1. The van der Waals surface area contributed by atoms with Crippen molar-refractivity contribution < 1.29 is 4.79 Å². The van der Waals surface area contributed by atoms with Crippen LogP contribution in [0.25, 0.3) is 11.0 Å². The Hall–Kier alpha value is -2.08. The van der Waals surface area contributed by atoms with E-state index in [-0.39, 0.29) is 12.1 Å². The molecule has 0 atom stereocenters. The molecule has 0 aliphatic carbocycles. The molecule has 1 aromatic carbocycles. The lowest BCUT2D eigenvalue weighted by Crippen LogP contribution is -2.49. The first-order valence-electron chi connectivity index (χ1n) is 9.13. The highest BCUT2D eigenvalue weighted by Crippen LogP contribution is 2.15. The molecule has 2 heterocycles. The van der Waals surface area contributed by atoms with Gasteiger partial charge < -0.3 is 20.1 Å². The van der Waals surface area contributed by atoms with Crippen LogP contribution in [0.15, 0.2) is 18.2 Å². The van der Waals surface area contributed by atoms with E-state index in [0.717, 1.165) is 42.8 Å². The second-order valence-corrected chi connectivity index (χ2v) is 7.41. The topological polar surface area (TPSA) is 64.3 Å². The monoisotopic (exact) mass is 343 g/mol. The first-order chi connectivity index (χ1) is 11.9. The summed E-state index contributed by atoms with van der Waals surface area (Å²) in [7, 11) is 1.82. The molecule has 2 N–H and O–H groups in total. The van der Waals surface area contributed by atoms with Crippen LogP contribution in [0, 0.1) is 6.92 Å². The fraction of sp³-hybridized carbons (Fsp3) is 0.579. The number of likely N-dealkylation sites (tertiary alicyclic amines) is 1. The molecule has 1 aromatic heterocycles. The fourth-order valence-electron chi connectivity index (χ4n) is 3.39. The van der Waals surface area contributed by atoms with E-state index in [9.17, 15) is 4.79 Å². The van der Waals surface area contributed by atoms with Gasteiger partial charge in [-0.15, -0.1) is 0 Å². The third-order valence-corrected chi connectivity index (χ3v) is 5.01. The lowest BCUT2D eigenvalue weighted by atomic mass is 10.0. The molecule has 1 saturated heterocycles. The van der Waals surface area contributed by atoms with Gasteiger partial charge in [-0.25, -0.2) is 9.78 Å². The Kier molecular flexibility index (Phi) is 5.27. The Morgan fingerprint density at radius 3 is 2.80 bits per heavy atom. The lowest BCUT2D eigenvalue weighted by Gasteiger charge is -2.35. The average Bonchev–Trinajstić information content (AvgIpc) is 2.96. The van der Waals surface area contributed by atoms with Gasteiger partial charge in [-0.1, -0.05) is 6.07 Å². The van der Waals surface area contributed by atoms with Crippen LogP contribution >= 0.6 is 0 Å². The molecule has 6 heteroatoms. The van der Waals surface area contributed by atoms with Crippen molar-refractivity contribution in [3.63, 3.8) is 0 Å². The number of carbonyl (C=O) groups excluding carboxylic acids is 1. The second-order valence-electron chi connectivity index (χ2n) is 7.41. The number of aromatic amines is 1. The smallest absolute Gasteiger partial charge is 0.317 e. The molecule has 0 spiro atoms. The van der Waals surface area contributed by atoms with Gasteiger partial charge in [-0.3, -0.25) is 0 Å². The number of imidazole rings is 1. The molecule has 1 aliphatic rings. The first-order valence-corrected chi connectivity index (χ1v) is 9.13. The van der Waals surface area contributed by atoms with Crippen molar-refractivity contribution in [1.82, 2.24) is 25.1 Å². The number of nitrogens with zero attached hydrogens (tertiary/aromatic N) is 3. The van der Waals surface area contributed by atoms with Crippen LogP contribution < -0.4 is 5.32 Å². The van der Waals surface area contributed by atoms with Crippen molar-refractivity contribution in [3.05, 3.63) is 29.6 Å². The molecule has 25 heavy (non-hydrogen) atoms. The summed E-state index contributed by atoms with van der Waals surface area (Å²) in [6.45, 7) is 9.09. The van der Waals surface area contributed by atoms with Crippen LogP contribution in [0.4, 0.5) is 4.79 Å². The minimum absolute atomic E-state index is 0.0281. The number of aryl methyl sites for hydroxylation is 1. The summed E-state index contributed by atoms with van der Waals surface area (Å²) >= 11 is 0. The Balaban J connectivity index is 1.53. The van der Waals surface area contributed by atoms with Gasteiger partial charge in [0.1, 0.15) is 5.82 Å². The zero-order valence-corrected chi connectivity index (χ0v) is 15.7. The molecule has 2 aromatic rings. The highest BCUT2D eigenvalue weighted by Gasteiger charge is 2.23. The Morgan fingerprint density at radius 2 is 2.12 bits per heavy atom. The Bertz CT molecular complexity index is 730. The third-order valence-electron chi connectivity index (χ3n) is 5.01. The quantitative estimate of drug-likeness (QED) is 0.897. The van der Waals surface area contributed by atoms with Crippen LogP contribution in [0.1, 0.15) is 38.1 Å². The number of carbonyl (C=O) groups is 1. The van der Waals surface area contributed by atoms with Crippen molar-refractivity contribution in [2.24, 2.45) is 0 Å². The van der Waals surface area contributed by atoms with E-state index in [1.54, 1.807) is 4.90 Å². The molecule has 0 bridgehead atoms. The normalized spacial score (nSPS) is 16.5. The van der Waals surface area contributed by atoms with Crippen LogP contribution in [-0.2, 0) is 6.54 Å². The van der Waals surface area contributed by atoms with E-state index in [0.29, 0.717) is 12.6 Å². The molecular weight excluding hydrogens is 314 g/mol. The van der Waals surface area contributed by atoms with Gasteiger partial charge >= 0.3 is 6.03 Å². The molecule has 0 saturated carbocycles. The minimum atomic E-state index is -0.0281. The maximum Gasteiger partial charge on any atom is 0.317 e. The highest BCUT2D eigenvalue weighted by molar-refractivity contribution is 5.76. The summed E-state index contributed by atoms with van der Waals surface area (Å²) in [6, 6.07) is 6.95. The largest absolute Gasteiger partial charge is 0.340 e. The average molecular weight is 343 g/mol. The molecule has 2 amide bonds. The van der Waals surface area contributed by atoms with Gasteiger partial charge in [-0.2, -0.15) is 0 Å². The molecule has 3 rings (SSSR count). The Labute approximate surface area is 149 Å². The molecule has 1 fully saturated rings. The van der Waals surface area contributed by atoms with Crippen LogP contribution in [0.2, 0.25) is 0 Å². The molecular formula is C19H29N5O. The summed E-state index contributed by atoms with van der Waals surface area (Å²) in [4.78, 5) is 24.5. The summed E-state index contributed by atoms with van der Waals surface area (Å²) in [5.74, 6) is 0.813. The number of hydrogen-bond acceptors (Lipinski definition) is 3. The number of piperidine rings is 1. The van der Waals surface area contributed by atoms with Gasteiger partial charge in [0.2, 0.25) is 0 Å². The van der Waals surface area contributed by atoms with Crippen molar-refractivity contribution in [1.29, 1.82) is 0 Å². The maximum absolute atomic E-state index is 12.5. The first kappa shape index (κ1) is 17.7. The highest BCUT2D eigenvalue weighted by atomic mass is 16.2. The zero-order valence-electron chi connectivity index (χ0n) is 15.7. The van der Waals surface area contributed by atoms with E-state index in [2.05, 4.69) is 47.0 Å². The fourth-order valence-corrected chi connectivity index (χ4v) is 3.39. The van der Waals surface area contributed by atoms with Gasteiger partial charge in [-0.05, 0) is 51.3 Å². The molecule has 0 radical (unpaired) electrons. The van der Waals surface area contributed by atoms with Crippen molar-refractivity contribution >= 4 is 17.1 Å². The SMILES string of the molecule is Cc1ccc2nc(CN(C)C(=O)NC3CCN(C(C)C)CC3)[nH]c2c1. The summed E-state index contributed by atoms with van der Waals surface area (Å²) in [6.07, 6.45) is 2.03. The van der Waals surface area contributed by atoms with E-state index in [1.165, 1.54) is 5.56 Å². The van der Waals surface area contributed by atoms with Crippen molar-refractivity contribution in [3.8, 4) is 0 Å². The predicted molar refractivity (Wildman–Crippen MR) is 101 cm³/mol. The van der Waals surface area contributed by atoms with Gasteiger partial charge in [0.15, 0.2) is 0 Å². The molecule has 1 aliphatic heterocycles. The number of amides is 2. The number of urea groups is 1. The van der Waals surface area contributed by atoms with Crippen LogP contribution in [0.3, 0.4) is 0 Å². The maximum atomic E-state index is 12.5. The van der Waals surface area contributed by atoms with Gasteiger partial charge in [0, 0.05) is 32.2 Å². The predicted octanol–water partition coefficient (Wildman–Crippen LogP) is 2.89.